The maximum Gasteiger partial charge on any atom is 0.155 e. The van der Waals surface area contributed by atoms with Crippen molar-refractivity contribution in [2.75, 3.05) is 0 Å². The van der Waals surface area contributed by atoms with Gasteiger partial charge in [0.1, 0.15) is 0 Å². The second-order valence-corrected chi connectivity index (χ2v) is 6.35. The third kappa shape index (κ3) is 1.05. The zero-order valence-electron chi connectivity index (χ0n) is 9.89. The number of ether oxygens (including phenoxy) is 2. The van der Waals surface area contributed by atoms with Crippen LogP contribution in [0.4, 0.5) is 0 Å². The normalized spacial score (nSPS) is 63.4. The molecule has 4 rings (SSSR count). The van der Waals surface area contributed by atoms with Crippen molar-refractivity contribution < 1.29 is 9.47 Å². The molecule has 2 N–H and O–H groups in total. The van der Waals surface area contributed by atoms with Crippen molar-refractivity contribution in [3.63, 3.8) is 0 Å². The minimum atomic E-state index is 0.00200. The van der Waals surface area contributed by atoms with Gasteiger partial charge in [-0.15, -0.1) is 0 Å². The molecule has 4 aliphatic rings. The lowest BCUT2D eigenvalue weighted by atomic mass is 9.68. The molecule has 2 bridgehead atoms. The fourth-order valence-corrected chi connectivity index (χ4v) is 5.10. The molecule has 1 unspecified atom stereocenters. The van der Waals surface area contributed by atoms with E-state index in [1.54, 1.807) is 0 Å². The van der Waals surface area contributed by atoms with Crippen LogP contribution >= 0.6 is 0 Å². The van der Waals surface area contributed by atoms with Crippen molar-refractivity contribution in [2.45, 2.75) is 63.6 Å². The topological polar surface area (TPSA) is 44.5 Å². The summed E-state index contributed by atoms with van der Waals surface area (Å²) in [6.45, 7) is 2.01. The van der Waals surface area contributed by atoms with Crippen LogP contribution in [0.25, 0.3) is 0 Å². The first kappa shape index (κ1) is 9.86. The van der Waals surface area contributed by atoms with Gasteiger partial charge in [0.15, 0.2) is 6.29 Å². The lowest BCUT2D eigenvalue weighted by Crippen LogP contribution is -2.45. The van der Waals surface area contributed by atoms with Crippen molar-refractivity contribution in [1.29, 1.82) is 0 Å². The highest BCUT2D eigenvalue weighted by Gasteiger charge is 2.63. The van der Waals surface area contributed by atoms with Crippen molar-refractivity contribution in [3.8, 4) is 0 Å². The fourth-order valence-electron chi connectivity index (χ4n) is 5.10. The van der Waals surface area contributed by atoms with Gasteiger partial charge in [0.05, 0.1) is 12.2 Å². The van der Waals surface area contributed by atoms with Crippen molar-refractivity contribution in [1.82, 2.24) is 0 Å². The van der Waals surface area contributed by atoms with Crippen LogP contribution in [0.5, 0.6) is 0 Å². The van der Waals surface area contributed by atoms with Gasteiger partial charge < -0.3 is 15.2 Å². The van der Waals surface area contributed by atoms with Gasteiger partial charge in [-0.1, -0.05) is 0 Å². The maximum atomic E-state index is 6.49. The predicted octanol–water partition coefficient (Wildman–Crippen LogP) is 1.65. The lowest BCUT2D eigenvalue weighted by molar-refractivity contribution is -0.0774. The van der Waals surface area contributed by atoms with E-state index in [2.05, 4.69) is 0 Å². The van der Waals surface area contributed by atoms with E-state index in [1.807, 2.05) is 6.92 Å². The molecule has 3 heteroatoms. The van der Waals surface area contributed by atoms with E-state index in [4.69, 9.17) is 15.2 Å². The molecule has 0 aromatic carbocycles. The van der Waals surface area contributed by atoms with Gasteiger partial charge >= 0.3 is 0 Å². The van der Waals surface area contributed by atoms with E-state index in [0.717, 1.165) is 24.7 Å². The van der Waals surface area contributed by atoms with Gasteiger partial charge in [-0.25, -0.2) is 0 Å². The zero-order valence-corrected chi connectivity index (χ0v) is 9.89. The van der Waals surface area contributed by atoms with Crippen molar-refractivity contribution >= 4 is 0 Å². The SMILES string of the molecule is C[C@H]1OC2C[C@@]3(C[C@H]2O1)[C@H]1CC[C@H](C1)[C@H]3N. The van der Waals surface area contributed by atoms with Crippen LogP contribution in [0.2, 0.25) is 0 Å². The lowest BCUT2D eigenvalue weighted by Gasteiger charge is -2.39. The summed E-state index contributed by atoms with van der Waals surface area (Å²) in [5.74, 6) is 1.65. The Morgan fingerprint density at radius 3 is 2.38 bits per heavy atom. The molecule has 16 heavy (non-hydrogen) atoms. The van der Waals surface area contributed by atoms with Crippen molar-refractivity contribution in [3.05, 3.63) is 0 Å². The summed E-state index contributed by atoms with van der Waals surface area (Å²) in [6.07, 6.45) is 7.11. The molecule has 4 fully saturated rings. The van der Waals surface area contributed by atoms with Crippen LogP contribution in [0.1, 0.15) is 39.0 Å². The molecule has 1 aliphatic heterocycles. The Bertz CT molecular complexity index is 301. The molecule has 3 aliphatic carbocycles. The molecule has 0 aromatic heterocycles. The molecule has 0 aromatic rings. The standard InChI is InChI=1S/C13H21NO2/c1-7-15-10-5-13(6-11(10)16-7)9-3-2-8(4-9)12(13)14/h7-12H,2-6,14H2,1H3/t7-,8-,9+,10-,11?,12-,13+/m1/s1. The number of rotatable bonds is 0. The molecule has 1 saturated heterocycles. The third-order valence-corrected chi connectivity index (χ3v) is 5.77. The molecule has 1 heterocycles. The summed E-state index contributed by atoms with van der Waals surface area (Å²) in [5.41, 5.74) is 6.86. The number of nitrogens with two attached hydrogens (primary N) is 1. The first-order chi connectivity index (χ1) is 7.69. The highest BCUT2D eigenvalue weighted by Crippen LogP contribution is 2.63. The molecule has 3 saturated carbocycles. The van der Waals surface area contributed by atoms with Crippen LogP contribution in [-0.2, 0) is 9.47 Å². The van der Waals surface area contributed by atoms with E-state index < -0.39 is 0 Å². The summed E-state index contributed by atoms with van der Waals surface area (Å²) >= 11 is 0. The Hall–Kier alpha value is -0.120. The highest BCUT2D eigenvalue weighted by atomic mass is 16.7. The smallest absolute Gasteiger partial charge is 0.155 e. The second kappa shape index (κ2) is 3.01. The minimum Gasteiger partial charge on any atom is -0.347 e. The van der Waals surface area contributed by atoms with E-state index in [9.17, 15) is 0 Å². The van der Waals surface area contributed by atoms with Crippen LogP contribution < -0.4 is 5.73 Å². The fraction of sp³-hybridized carbons (Fsp3) is 1.00. The monoisotopic (exact) mass is 223 g/mol. The van der Waals surface area contributed by atoms with Crippen LogP contribution in [0.15, 0.2) is 0 Å². The Kier molecular flexibility index (Phi) is 1.85. The molecule has 1 spiro atoms. The van der Waals surface area contributed by atoms with E-state index in [-0.39, 0.29) is 6.29 Å². The molecule has 3 nitrogen and oxygen atoms in total. The van der Waals surface area contributed by atoms with E-state index in [1.165, 1.54) is 19.3 Å². The first-order valence-corrected chi connectivity index (χ1v) is 6.75. The quantitative estimate of drug-likeness (QED) is 0.679. The average molecular weight is 223 g/mol. The Balaban J connectivity index is 1.62. The molecule has 0 amide bonds. The van der Waals surface area contributed by atoms with Gasteiger partial charge in [0, 0.05) is 6.04 Å². The van der Waals surface area contributed by atoms with Gasteiger partial charge in [-0.2, -0.15) is 0 Å². The van der Waals surface area contributed by atoms with Crippen LogP contribution in [0.3, 0.4) is 0 Å². The molecular formula is C13H21NO2. The summed E-state index contributed by atoms with van der Waals surface area (Å²) in [4.78, 5) is 0. The summed E-state index contributed by atoms with van der Waals surface area (Å²) in [7, 11) is 0. The second-order valence-electron chi connectivity index (χ2n) is 6.35. The third-order valence-electron chi connectivity index (χ3n) is 5.77. The van der Waals surface area contributed by atoms with Crippen molar-refractivity contribution in [2.24, 2.45) is 23.0 Å². The molecular weight excluding hydrogens is 202 g/mol. The summed E-state index contributed by atoms with van der Waals surface area (Å²) < 4.78 is 11.7. The minimum absolute atomic E-state index is 0.00200. The average Bonchev–Trinajstić information content (AvgIpc) is 2.89. The van der Waals surface area contributed by atoms with E-state index in [0.29, 0.717) is 23.7 Å². The first-order valence-electron chi connectivity index (χ1n) is 6.75. The summed E-state index contributed by atoms with van der Waals surface area (Å²) in [6, 6.07) is 0.416. The summed E-state index contributed by atoms with van der Waals surface area (Å²) in [5, 5.41) is 0. The largest absolute Gasteiger partial charge is 0.347 e. The van der Waals surface area contributed by atoms with Crippen LogP contribution in [-0.4, -0.2) is 24.5 Å². The molecule has 7 atom stereocenters. The number of hydrogen-bond acceptors (Lipinski definition) is 3. The Morgan fingerprint density at radius 1 is 1.12 bits per heavy atom. The van der Waals surface area contributed by atoms with E-state index >= 15 is 0 Å². The van der Waals surface area contributed by atoms with Gasteiger partial charge in [-0.3, -0.25) is 0 Å². The number of fused-ring (bicyclic) bond motifs is 4. The van der Waals surface area contributed by atoms with Crippen LogP contribution in [0, 0.1) is 17.3 Å². The predicted molar refractivity (Wildman–Crippen MR) is 59.7 cm³/mol. The van der Waals surface area contributed by atoms with Gasteiger partial charge in [0.25, 0.3) is 0 Å². The Labute approximate surface area is 96.7 Å². The van der Waals surface area contributed by atoms with Gasteiger partial charge in [-0.05, 0) is 56.3 Å². The maximum absolute atomic E-state index is 6.49. The number of hydrogen-bond donors (Lipinski definition) is 1. The Morgan fingerprint density at radius 2 is 1.81 bits per heavy atom. The highest BCUT2D eigenvalue weighted by molar-refractivity contribution is 5.14. The zero-order chi connectivity index (χ0) is 10.9. The molecule has 0 radical (unpaired) electrons. The molecule has 90 valence electrons. The van der Waals surface area contributed by atoms with Gasteiger partial charge in [0.2, 0.25) is 0 Å².